The molecular weight excluding hydrogens is 262 g/mol. The lowest BCUT2D eigenvalue weighted by molar-refractivity contribution is -0.114. The SMILES string of the molecule is CC(C)(C)c1ccc(-c2ccc(C(=O)C(N)=O)cc2)cc1. The summed E-state index contributed by atoms with van der Waals surface area (Å²) in [5, 5.41) is 0. The van der Waals surface area contributed by atoms with Gasteiger partial charge in [0.25, 0.3) is 5.91 Å². The van der Waals surface area contributed by atoms with Crippen LogP contribution in [0.2, 0.25) is 0 Å². The highest BCUT2D eigenvalue weighted by atomic mass is 16.2. The van der Waals surface area contributed by atoms with Crippen LogP contribution >= 0.6 is 0 Å². The Hall–Kier alpha value is -2.42. The van der Waals surface area contributed by atoms with Crippen LogP contribution in [0.15, 0.2) is 48.5 Å². The molecule has 0 heterocycles. The van der Waals surface area contributed by atoms with Gasteiger partial charge in [-0.3, -0.25) is 9.59 Å². The van der Waals surface area contributed by atoms with E-state index in [1.807, 2.05) is 12.1 Å². The fourth-order valence-corrected chi connectivity index (χ4v) is 2.12. The quantitative estimate of drug-likeness (QED) is 0.693. The largest absolute Gasteiger partial charge is 0.363 e. The summed E-state index contributed by atoms with van der Waals surface area (Å²) in [6, 6.07) is 15.2. The first-order valence-corrected chi connectivity index (χ1v) is 6.84. The first-order valence-electron chi connectivity index (χ1n) is 6.84. The average Bonchev–Trinajstić information content (AvgIpc) is 2.46. The van der Waals surface area contributed by atoms with Gasteiger partial charge in [-0.15, -0.1) is 0 Å². The minimum absolute atomic E-state index is 0.121. The molecule has 0 fully saturated rings. The zero-order chi connectivity index (χ0) is 15.6. The zero-order valence-electron chi connectivity index (χ0n) is 12.5. The molecule has 108 valence electrons. The maximum Gasteiger partial charge on any atom is 0.289 e. The summed E-state index contributed by atoms with van der Waals surface area (Å²) in [6.45, 7) is 6.52. The second-order valence-electron chi connectivity index (χ2n) is 6.10. The number of carbonyl (C=O) groups is 2. The van der Waals surface area contributed by atoms with Crippen LogP contribution in [0.1, 0.15) is 36.7 Å². The molecule has 21 heavy (non-hydrogen) atoms. The Balaban J connectivity index is 2.27. The van der Waals surface area contributed by atoms with Crippen LogP contribution in [0.25, 0.3) is 11.1 Å². The van der Waals surface area contributed by atoms with Crippen LogP contribution < -0.4 is 5.73 Å². The molecule has 0 aliphatic heterocycles. The number of amides is 1. The van der Waals surface area contributed by atoms with E-state index in [2.05, 4.69) is 45.0 Å². The highest BCUT2D eigenvalue weighted by Crippen LogP contribution is 2.26. The van der Waals surface area contributed by atoms with Crippen molar-refractivity contribution in [1.82, 2.24) is 0 Å². The van der Waals surface area contributed by atoms with Crippen molar-refractivity contribution >= 4 is 11.7 Å². The molecule has 2 aromatic rings. The average molecular weight is 281 g/mol. The van der Waals surface area contributed by atoms with Crippen LogP contribution in [0.4, 0.5) is 0 Å². The molecule has 0 saturated heterocycles. The molecule has 2 aromatic carbocycles. The number of ketones is 1. The van der Waals surface area contributed by atoms with E-state index >= 15 is 0 Å². The van der Waals surface area contributed by atoms with Crippen molar-refractivity contribution in [3.63, 3.8) is 0 Å². The van der Waals surface area contributed by atoms with Crippen molar-refractivity contribution in [2.24, 2.45) is 5.73 Å². The summed E-state index contributed by atoms with van der Waals surface area (Å²) in [5.74, 6) is -1.60. The Morgan fingerprint density at radius 2 is 1.24 bits per heavy atom. The minimum Gasteiger partial charge on any atom is -0.363 e. The number of primary amides is 1. The second kappa shape index (κ2) is 5.52. The van der Waals surface area contributed by atoms with Gasteiger partial charge in [-0.25, -0.2) is 0 Å². The third-order valence-electron chi connectivity index (χ3n) is 3.46. The molecule has 0 aliphatic carbocycles. The first kappa shape index (κ1) is 15.0. The van der Waals surface area contributed by atoms with Gasteiger partial charge in [0, 0.05) is 5.56 Å². The second-order valence-corrected chi connectivity index (χ2v) is 6.10. The van der Waals surface area contributed by atoms with Crippen LogP contribution in [-0.2, 0) is 10.2 Å². The predicted molar refractivity (Wildman–Crippen MR) is 84.1 cm³/mol. The number of nitrogens with two attached hydrogens (primary N) is 1. The highest BCUT2D eigenvalue weighted by molar-refractivity contribution is 6.42. The van der Waals surface area contributed by atoms with Crippen molar-refractivity contribution < 1.29 is 9.59 Å². The Morgan fingerprint density at radius 1 is 0.810 bits per heavy atom. The van der Waals surface area contributed by atoms with Crippen LogP contribution in [-0.4, -0.2) is 11.7 Å². The summed E-state index contributed by atoms with van der Waals surface area (Å²) in [5.41, 5.74) is 8.76. The molecule has 0 atom stereocenters. The third kappa shape index (κ3) is 3.37. The lowest BCUT2D eigenvalue weighted by Gasteiger charge is -2.19. The molecule has 0 radical (unpaired) electrons. The Bertz CT molecular complexity index is 662. The number of hydrogen-bond donors (Lipinski definition) is 1. The van der Waals surface area contributed by atoms with E-state index in [9.17, 15) is 9.59 Å². The normalized spacial score (nSPS) is 11.2. The Kier molecular flexibility index (Phi) is 3.94. The molecule has 3 heteroatoms. The standard InChI is InChI=1S/C18H19NO2/c1-18(2,3)15-10-8-13(9-11-15)12-4-6-14(7-5-12)16(20)17(19)21/h4-11H,1-3H3,(H2,19,21). The van der Waals surface area contributed by atoms with Crippen LogP contribution in [0.5, 0.6) is 0 Å². The number of Topliss-reactive ketones (excluding diaryl/α,β-unsaturated/α-hetero) is 1. The molecule has 3 nitrogen and oxygen atoms in total. The summed E-state index contributed by atoms with van der Waals surface area (Å²) in [7, 11) is 0. The third-order valence-corrected chi connectivity index (χ3v) is 3.46. The van der Waals surface area contributed by atoms with Crippen LogP contribution in [0, 0.1) is 0 Å². The van der Waals surface area contributed by atoms with Gasteiger partial charge in [-0.05, 0) is 22.1 Å². The monoisotopic (exact) mass is 281 g/mol. The van der Waals surface area contributed by atoms with Gasteiger partial charge in [-0.2, -0.15) is 0 Å². The van der Waals surface area contributed by atoms with Crippen molar-refractivity contribution in [3.8, 4) is 11.1 Å². The molecule has 0 aliphatic rings. The number of rotatable bonds is 3. The maximum atomic E-state index is 11.5. The topological polar surface area (TPSA) is 60.2 Å². The van der Waals surface area contributed by atoms with E-state index in [0.29, 0.717) is 5.56 Å². The van der Waals surface area contributed by atoms with Crippen molar-refractivity contribution in [1.29, 1.82) is 0 Å². The van der Waals surface area contributed by atoms with E-state index in [1.54, 1.807) is 12.1 Å². The van der Waals surface area contributed by atoms with Crippen molar-refractivity contribution in [2.75, 3.05) is 0 Å². The molecular formula is C18H19NO2. The number of benzene rings is 2. The van der Waals surface area contributed by atoms with Gasteiger partial charge in [0.15, 0.2) is 0 Å². The van der Waals surface area contributed by atoms with Gasteiger partial charge in [-0.1, -0.05) is 69.3 Å². The molecule has 0 saturated carbocycles. The highest BCUT2D eigenvalue weighted by Gasteiger charge is 2.14. The lowest BCUT2D eigenvalue weighted by Crippen LogP contribution is -2.22. The lowest BCUT2D eigenvalue weighted by atomic mass is 9.86. The molecule has 0 spiro atoms. The van der Waals surface area contributed by atoms with E-state index in [-0.39, 0.29) is 5.41 Å². The Labute approximate surface area is 124 Å². The fourth-order valence-electron chi connectivity index (χ4n) is 2.12. The Morgan fingerprint density at radius 3 is 1.62 bits per heavy atom. The zero-order valence-corrected chi connectivity index (χ0v) is 12.5. The summed E-state index contributed by atoms with van der Waals surface area (Å²) < 4.78 is 0. The van der Waals surface area contributed by atoms with Gasteiger partial charge < -0.3 is 5.73 Å². The van der Waals surface area contributed by atoms with E-state index in [0.717, 1.165) is 11.1 Å². The number of carbonyl (C=O) groups excluding carboxylic acids is 2. The van der Waals surface area contributed by atoms with E-state index in [4.69, 9.17) is 5.73 Å². The van der Waals surface area contributed by atoms with E-state index < -0.39 is 11.7 Å². The molecule has 0 unspecified atom stereocenters. The molecule has 0 aromatic heterocycles. The maximum absolute atomic E-state index is 11.5. The van der Waals surface area contributed by atoms with Gasteiger partial charge in [0.1, 0.15) is 0 Å². The summed E-state index contributed by atoms with van der Waals surface area (Å²) in [4.78, 5) is 22.3. The van der Waals surface area contributed by atoms with Gasteiger partial charge >= 0.3 is 0 Å². The van der Waals surface area contributed by atoms with Gasteiger partial charge in [0.05, 0.1) is 0 Å². The van der Waals surface area contributed by atoms with Gasteiger partial charge in [0.2, 0.25) is 5.78 Å². The summed E-state index contributed by atoms with van der Waals surface area (Å²) >= 11 is 0. The summed E-state index contributed by atoms with van der Waals surface area (Å²) in [6.07, 6.45) is 0. The van der Waals surface area contributed by atoms with E-state index in [1.165, 1.54) is 5.56 Å². The van der Waals surface area contributed by atoms with Crippen molar-refractivity contribution in [3.05, 3.63) is 59.7 Å². The van der Waals surface area contributed by atoms with Crippen molar-refractivity contribution in [2.45, 2.75) is 26.2 Å². The number of hydrogen-bond acceptors (Lipinski definition) is 2. The molecule has 0 bridgehead atoms. The predicted octanol–water partition coefficient (Wildman–Crippen LogP) is 3.32. The minimum atomic E-state index is -0.933. The molecule has 2 N–H and O–H groups in total. The van der Waals surface area contributed by atoms with Crippen LogP contribution in [0.3, 0.4) is 0 Å². The fraction of sp³-hybridized carbons (Fsp3) is 0.222. The smallest absolute Gasteiger partial charge is 0.289 e. The molecule has 2 rings (SSSR count). The first-order chi connectivity index (χ1) is 9.79. The molecule has 1 amide bonds.